The van der Waals surface area contributed by atoms with Gasteiger partial charge in [-0.05, 0) is 39.4 Å². The molecule has 0 saturated carbocycles. The minimum Gasteiger partial charge on any atom is -0.396 e. The molecule has 13 heavy (non-hydrogen) atoms. The number of unbranched alkanes of at least 4 members (excludes halogenated alkanes) is 1. The standard InChI is InChI=1S/C11H25NO/c1-4-11(8-10-13)7-5-6-9-12(2)3/h11,13H,4-10H2,1-3H3/t11-/m0/s1. The molecule has 0 radical (unpaired) electrons. The molecule has 0 bridgehead atoms. The van der Waals surface area contributed by atoms with Gasteiger partial charge in [0.15, 0.2) is 0 Å². The summed E-state index contributed by atoms with van der Waals surface area (Å²) in [6, 6.07) is 0. The van der Waals surface area contributed by atoms with Crippen molar-refractivity contribution < 1.29 is 5.11 Å². The van der Waals surface area contributed by atoms with Crippen LogP contribution in [-0.4, -0.2) is 37.3 Å². The summed E-state index contributed by atoms with van der Waals surface area (Å²) in [5, 5.41) is 8.80. The first-order valence-corrected chi connectivity index (χ1v) is 5.46. The van der Waals surface area contributed by atoms with Crippen LogP contribution < -0.4 is 0 Å². The van der Waals surface area contributed by atoms with E-state index in [-0.39, 0.29) is 0 Å². The van der Waals surface area contributed by atoms with Gasteiger partial charge in [-0.1, -0.05) is 26.2 Å². The molecule has 2 heteroatoms. The summed E-state index contributed by atoms with van der Waals surface area (Å²) >= 11 is 0. The lowest BCUT2D eigenvalue weighted by Crippen LogP contribution is -2.13. The van der Waals surface area contributed by atoms with Crippen molar-refractivity contribution in [2.24, 2.45) is 5.92 Å². The van der Waals surface area contributed by atoms with Crippen molar-refractivity contribution in [1.29, 1.82) is 0 Å². The second-order valence-corrected chi connectivity index (χ2v) is 4.09. The number of aliphatic hydroxyl groups is 1. The van der Waals surface area contributed by atoms with E-state index in [1.165, 1.54) is 32.2 Å². The van der Waals surface area contributed by atoms with Gasteiger partial charge in [0, 0.05) is 6.61 Å². The number of hydrogen-bond donors (Lipinski definition) is 1. The summed E-state index contributed by atoms with van der Waals surface area (Å²) in [7, 11) is 4.23. The maximum absolute atomic E-state index is 8.80. The first kappa shape index (κ1) is 12.9. The van der Waals surface area contributed by atoms with Gasteiger partial charge in [0.05, 0.1) is 0 Å². The van der Waals surface area contributed by atoms with E-state index in [1.807, 2.05) is 0 Å². The van der Waals surface area contributed by atoms with Crippen LogP contribution in [-0.2, 0) is 0 Å². The summed E-state index contributed by atoms with van der Waals surface area (Å²) in [6.07, 6.45) is 6.07. The monoisotopic (exact) mass is 187 g/mol. The topological polar surface area (TPSA) is 23.5 Å². The van der Waals surface area contributed by atoms with E-state index < -0.39 is 0 Å². The van der Waals surface area contributed by atoms with E-state index in [1.54, 1.807) is 0 Å². The molecule has 2 nitrogen and oxygen atoms in total. The summed E-state index contributed by atoms with van der Waals surface area (Å²) in [4.78, 5) is 2.23. The smallest absolute Gasteiger partial charge is 0.0433 e. The highest BCUT2D eigenvalue weighted by atomic mass is 16.3. The summed E-state index contributed by atoms with van der Waals surface area (Å²) < 4.78 is 0. The minimum atomic E-state index is 0.353. The third-order valence-corrected chi connectivity index (χ3v) is 2.58. The number of aliphatic hydroxyl groups excluding tert-OH is 1. The maximum Gasteiger partial charge on any atom is 0.0433 e. The Morgan fingerprint density at radius 3 is 2.31 bits per heavy atom. The van der Waals surface area contributed by atoms with Gasteiger partial charge in [-0.15, -0.1) is 0 Å². The van der Waals surface area contributed by atoms with E-state index in [0.717, 1.165) is 12.3 Å². The van der Waals surface area contributed by atoms with Crippen LogP contribution in [0.25, 0.3) is 0 Å². The number of nitrogens with zero attached hydrogens (tertiary/aromatic N) is 1. The van der Waals surface area contributed by atoms with Crippen molar-refractivity contribution >= 4 is 0 Å². The lowest BCUT2D eigenvalue weighted by Gasteiger charge is -2.14. The molecule has 0 aliphatic carbocycles. The van der Waals surface area contributed by atoms with Crippen LogP contribution in [0.2, 0.25) is 0 Å². The van der Waals surface area contributed by atoms with Gasteiger partial charge < -0.3 is 10.0 Å². The first-order chi connectivity index (χ1) is 6.20. The summed E-state index contributed by atoms with van der Waals surface area (Å²) in [6.45, 7) is 3.76. The van der Waals surface area contributed by atoms with E-state index in [2.05, 4.69) is 25.9 Å². The average Bonchev–Trinajstić information content (AvgIpc) is 2.10. The van der Waals surface area contributed by atoms with Crippen molar-refractivity contribution in [1.82, 2.24) is 4.90 Å². The molecule has 0 aromatic heterocycles. The molecule has 0 aliphatic heterocycles. The number of hydrogen-bond acceptors (Lipinski definition) is 2. The van der Waals surface area contributed by atoms with Crippen molar-refractivity contribution in [2.45, 2.75) is 39.0 Å². The average molecular weight is 187 g/mol. The summed E-state index contributed by atoms with van der Waals surface area (Å²) in [5.41, 5.74) is 0. The van der Waals surface area contributed by atoms with Gasteiger partial charge in [-0.2, -0.15) is 0 Å². The Morgan fingerprint density at radius 1 is 1.15 bits per heavy atom. The fourth-order valence-electron chi connectivity index (χ4n) is 1.60. The second-order valence-electron chi connectivity index (χ2n) is 4.09. The highest BCUT2D eigenvalue weighted by Crippen LogP contribution is 2.15. The largest absolute Gasteiger partial charge is 0.396 e. The third-order valence-electron chi connectivity index (χ3n) is 2.58. The molecule has 0 rings (SSSR count). The molecule has 0 aromatic rings. The zero-order valence-corrected chi connectivity index (χ0v) is 9.42. The van der Waals surface area contributed by atoms with Crippen molar-refractivity contribution in [3.8, 4) is 0 Å². The van der Waals surface area contributed by atoms with Crippen LogP contribution >= 0.6 is 0 Å². The Labute approximate surface area is 82.9 Å². The highest BCUT2D eigenvalue weighted by Gasteiger charge is 2.04. The molecule has 80 valence electrons. The van der Waals surface area contributed by atoms with Crippen LogP contribution in [0, 0.1) is 5.92 Å². The van der Waals surface area contributed by atoms with Gasteiger partial charge in [0.1, 0.15) is 0 Å². The Morgan fingerprint density at radius 2 is 1.85 bits per heavy atom. The zero-order chi connectivity index (χ0) is 10.1. The molecule has 0 amide bonds. The van der Waals surface area contributed by atoms with E-state index in [4.69, 9.17) is 5.11 Å². The van der Waals surface area contributed by atoms with Gasteiger partial charge in [0.25, 0.3) is 0 Å². The van der Waals surface area contributed by atoms with Crippen LogP contribution in [0.15, 0.2) is 0 Å². The Kier molecular flexibility index (Phi) is 8.46. The first-order valence-electron chi connectivity index (χ1n) is 5.46. The van der Waals surface area contributed by atoms with Gasteiger partial charge in [-0.25, -0.2) is 0 Å². The van der Waals surface area contributed by atoms with Crippen LogP contribution in [0.5, 0.6) is 0 Å². The second kappa shape index (κ2) is 8.52. The Balaban J connectivity index is 3.27. The van der Waals surface area contributed by atoms with Gasteiger partial charge >= 0.3 is 0 Å². The van der Waals surface area contributed by atoms with E-state index in [0.29, 0.717) is 6.61 Å². The molecule has 1 N–H and O–H groups in total. The molecule has 0 heterocycles. The molecule has 0 spiro atoms. The molecule has 0 aromatic carbocycles. The fraction of sp³-hybridized carbons (Fsp3) is 1.00. The maximum atomic E-state index is 8.80. The van der Waals surface area contributed by atoms with Crippen LogP contribution in [0.1, 0.15) is 39.0 Å². The van der Waals surface area contributed by atoms with Crippen LogP contribution in [0.4, 0.5) is 0 Å². The predicted molar refractivity (Wildman–Crippen MR) is 57.9 cm³/mol. The lowest BCUT2D eigenvalue weighted by atomic mass is 9.96. The van der Waals surface area contributed by atoms with Gasteiger partial charge in [0.2, 0.25) is 0 Å². The predicted octanol–water partition coefficient (Wildman–Crippen LogP) is 2.13. The quantitative estimate of drug-likeness (QED) is 0.588. The normalized spacial score (nSPS) is 13.6. The molecule has 0 fully saturated rings. The number of rotatable bonds is 8. The van der Waals surface area contributed by atoms with Crippen molar-refractivity contribution in [3.05, 3.63) is 0 Å². The summed E-state index contributed by atoms with van der Waals surface area (Å²) in [5.74, 6) is 0.743. The molecule has 0 unspecified atom stereocenters. The lowest BCUT2D eigenvalue weighted by molar-refractivity contribution is 0.245. The van der Waals surface area contributed by atoms with Crippen LogP contribution in [0.3, 0.4) is 0 Å². The Hall–Kier alpha value is -0.0800. The highest BCUT2D eigenvalue weighted by molar-refractivity contribution is 4.57. The van der Waals surface area contributed by atoms with Gasteiger partial charge in [-0.3, -0.25) is 0 Å². The van der Waals surface area contributed by atoms with Crippen molar-refractivity contribution in [3.63, 3.8) is 0 Å². The molecular formula is C11H25NO. The molecular weight excluding hydrogens is 162 g/mol. The van der Waals surface area contributed by atoms with E-state index in [9.17, 15) is 0 Å². The zero-order valence-electron chi connectivity index (χ0n) is 9.42. The molecule has 1 atom stereocenters. The Bertz CT molecular complexity index is 104. The third kappa shape index (κ3) is 8.26. The van der Waals surface area contributed by atoms with E-state index >= 15 is 0 Å². The molecule has 0 saturated heterocycles. The van der Waals surface area contributed by atoms with Crippen molar-refractivity contribution in [2.75, 3.05) is 27.2 Å². The minimum absolute atomic E-state index is 0.353. The molecule has 0 aliphatic rings. The fourth-order valence-corrected chi connectivity index (χ4v) is 1.60. The SMILES string of the molecule is CC[C@H](CCO)CCCCN(C)C.